The number of aryl methyl sites for hydroxylation is 1. The molecule has 0 bridgehead atoms. The van der Waals surface area contributed by atoms with Crippen LogP contribution in [0.25, 0.3) is 0 Å². The Morgan fingerprint density at radius 2 is 2.05 bits per heavy atom. The fourth-order valence-electron chi connectivity index (χ4n) is 2.38. The van der Waals surface area contributed by atoms with E-state index in [0.717, 1.165) is 45.5 Å². The Balaban J connectivity index is 2.57. The van der Waals surface area contributed by atoms with Crippen molar-refractivity contribution >= 4 is 5.69 Å². The third-order valence-corrected chi connectivity index (χ3v) is 3.60. The Morgan fingerprint density at radius 3 is 2.76 bits per heavy atom. The van der Waals surface area contributed by atoms with E-state index < -0.39 is 0 Å². The molecule has 0 radical (unpaired) electrons. The van der Waals surface area contributed by atoms with Gasteiger partial charge >= 0.3 is 0 Å². The zero-order valence-electron chi connectivity index (χ0n) is 13.7. The van der Waals surface area contributed by atoms with Crippen molar-refractivity contribution in [2.75, 3.05) is 45.4 Å². The molecule has 0 heterocycles. The van der Waals surface area contributed by atoms with E-state index in [0.29, 0.717) is 6.61 Å². The Kier molecular flexibility index (Phi) is 9.06. The van der Waals surface area contributed by atoms with Gasteiger partial charge in [-0.15, -0.1) is 0 Å². The summed E-state index contributed by atoms with van der Waals surface area (Å²) in [5.41, 5.74) is 3.90. The van der Waals surface area contributed by atoms with E-state index in [1.807, 2.05) is 0 Å². The summed E-state index contributed by atoms with van der Waals surface area (Å²) in [5.74, 6) is 0. The lowest BCUT2D eigenvalue weighted by Gasteiger charge is -2.23. The molecule has 0 atom stereocenters. The number of benzene rings is 1. The first-order valence-corrected chi connectivity index (χ1v) is 7.80. The Bertz CT molecular complexity index is 396. The van der Waals surface area contributed by atoms with Crippen LogP contribution in [0.5, 0.6) is 0 Å². The lowest BCUT2D eigenvalue weighted by atomic mass is 10.1. The average Bonchev–Trinajstić information content (AvgIpc) is 2.48. The molecule has 4 heteroatoms. The predicted molar refractivity (Wildman–Crippen MR) is 89.0 cm³/mol. The van der Waals surface area contributed by atoms with Gasteiger partial charge in [-0.3, -0.25) is 0 Å². The summed E-state index contributed by atoms with van der Waals surface area (Å²) >= 11 is 0. The van der Waals surface area contributed by atoms with Gasteiger partial charge < -0.3 is 20.1 Å². The molecule has 0 saturated heterocycles. The van der Waals surface area contributed by atoms with Crippen LogP contribution in [0.3, 0.4) is 0 Å². The predicted octanol–water partition coefficient (Wildman–Crippen LogP) is 2.33. The van der Waals surface area contributed by atoms with Crippen molar-refractivity contribution in [3.63, 3.8) is 0 Å². The van der Waals surface area contributed by atoms with Gasteiger partial charge in [-0.1, -0.05) is 17.7 Å². The Labute approximate surface area is 129 Å². The second-order valence-electron chi connectivity index (χ2n) is 5.51. The molecule has 120 valence electrons. The normalized spacial score (nSPS) is 10.9. The largest absolute Gasteiger partial charge is 0.396 e. The zero-order chi connectivity index (χ0) is 15.5. The number of hydrogen-bond donors (Lipinski definition) is 2. The molecular weight excluding hydrogens is 264 g/mol. The number of nitrogens with one attached hydrogen (secondary N) is 1. The van der Waals surface area contributed by atoms with E-state index in [1.165, 1.54) is 16.8 Å². The summed E-state index contributed by atoms with van der Waals surface area (Å²) in [6, 6.07) is 6.62. The van der Waals surface area contributed by atoms with Crippen molar-refractivity contribution in [2.45, 2.75) is 32.7 Å². The summed E-state index contributed by atoms with van der Waals surface area (Å²) in [5, 5.41) is 12.2. The van der Waals surface area contributed by atoms with E-state index in [1.54, 1.807) is 7.11 Å². The van der Waals surface area contributed by atoms with Crippen LogP contribution >= 0.6 is 0 Å². The van der Waals surface area contributed by atoms with Gasteiger partial charge in [0.25, 0.3) is 0 Å². The quantitative estimate of drug-likeness (QED) is 0.615. The standard InChI is InChI=1S/C17H30N2O2/c1-15-7-8-17(19(2)10-5-4-6-11-20)16(13-15)14-18-9-12-21-3/h7-8,13,18,20H,4-6,9-12,14H2,1-3H3. The highest BCUT2D eigenvalue weighted by molar-refractivity contribution is 5.54. The minimum Gasteiger partial charge on any atom is -0.396 e. The lowest BCUT2D eigenvalue weighted by molar-refractivity contribution is 0.199. The molecule has 0 aliphatic heterocycles. The van der Waals surface area contributed by atoms with Crippen molar-refractivity contribution in [1.29, 1.82) is 0 Å². The molecule has 0 aliphatic carbocycles. The molecule has 0 saturated carbocycles. The molecule has 4 nitrogen and oxygen atoms in total. The van der Waals surface area contributed by atoms with Gasteiger partial charge in [0.1, 0.15) is 0 Å². The second kappa shape index (κ2) is 10.6. The highest BCUT2D eigenvalue weighted by atomic mass is 16.5. The summed E-state index contributed by atoms with van der Waals surface area (Å²) in [6.07, 6.45) is 3.09. The van der Waals surface area contributed by atoms with Crippen molar-refractivity contribution in [2.24, 2.45) is 0 Å². The molecule has 0 fully saturated rings. The number of hydrogen-bond acceptors (Lipinski definition) is 4. The fourth-order valence-corrected chi connectivity index (χ4v) is 2.38. The van der Waals surface area contributed by atoms with Crippen LogP contribution in [-0.2, 0) is 11.3 Å². The van der Waals surface area contributed by atoms with Gasteiger partial charge in [0.05, 0.1) is 6.61 Å². The minimum absolute atomic E-state index is 0.295. The van der Waals surface area contributed by atoms with E-state index >= 15 is 0 Å². The molecule has 1 aromatic rings. The third-order valence-electron chi connectivity index (χ3n) is 3.60. The van der Waals surface area contributed by atoms with Crippen molar-refractivity contribution in [3.8, 4) is 0 Å². The number of rotatable bonds is 11. The third kappa shape index (κ3) is 6.93. The maximum Gasteiger partial charge on any atom is 0.0587 e. The summed E-state index contributed by atoms with van der Waals surface area (Å²) < 4.78 is 5.06. The van der Waals surface area contributed by atoms with Crippen molar-refractivity contribution in [1.82, 2.24) is 5.32 Å². The van der Waals surface area contributed by atoms with E-state index in [4.69, 9.17) is 9.84 Å². The minimum atomic E-state index is 0.295. The van der Waals surface area contributed by atoms with E-state index in [9.17, 15) is 0 Å². The number of aliphatic hydroxyl groups is 1. The van der Waals surface area contributed by atoms with Crippen LogP contribution in [0, 0.1) is 6.92 Å². The smallest absolute Gasteiger partial charge is 0.0587 e. The van der Waals surface area contributed by atoms with Gasteiger partial charge in [0.15, 0.2) is 0 Å². The van der Waals surface area contributed by atoms with Gasteiger partial charge in [-0.25, -0.2) is 0 Å². The zero-order valence-corrected chi connectivity index (χ0v) is 13.7. The Morgan fingerprint density at radius 1 is 1.24 bits per heavy atom. The van der Waals surface area contributed by atoms with Crippen LogP contribution in [0.2, 0.25) is 0 Å². The van der Waals surface area contributed by atoms with Gasteiger partial charge in [-0.2, -0.15) is 0 Å². The maximum absolute atomic E-state index is 8.83. The first-order chi connectivity index (χ1) is 10.2. The maximum atomic E-state index is 8.83. The number of anilines is 1. The molecule has 0 spiro atoms. The van der Waals surface area contributed by atoms with Crippen LogP contribution in [0.15, 0.2) is 18.2 Å². The molecule has 0 aromatic heterocycles. The highest BCUT2D eigenvalue weighted by Crippen LogP contribution is 2.21. The first-order valence-electron chi connectivity index (χ1n) is 7.80. The Hall–Kier alpha value is -1.10. The summed E-state index contributed by atoms with van der Waals surface area (Å²) in [4.78, 5) is 2.31. The second-order valence-corrected chi connectivity index (χ2v) is 5.51. The first kappa shape index (κ1) is 18.0. The van der Waals surface area contributed by atoms with Gasteiger partial charge in [0.2, 0.25) is 0 Å². The monoisotopic (exact) mass is 294 g/mol. The lowest BCUT2D eigenvalue weighted by Crippen LogP contribution is -2.23. The number of methoxy groups -OCH3 is 1. The van der Waals surface area contributed by atoms with Crippen LogP contribution in [-0.4, -0.2) is 45.6 Å². The number of aliphatic hydroxyl groups excluding tert-OH is 1. The highest BCUT2D eigenvalue weighted by Gasteiger charge is 2.07. The molecule has 0 unspecified atom stereocenters. The van der Waals surface area contributed by atoms with Gasteiger partial charge in [-0.05, 0) is 37.8 Å². The summed E-state index contributed by atoms with van der Waals surface area (Å²) in [6.45, 7) is 5.91. The fraction of sp³-hybridized carbons (Fsp3) is 0.647. The molecule has 0 amide bonds. The van der Waals surface area contributed by atoms with E-state index in [-0.39, 0.29) is 0 Å². The van der Waals surface area contributed by atoms with Crippen molar-refractivity contribution < 1.29 is 9.84 Å². The summed E-state index contributed by atoms with van der Waals surface area (Å²) in [7, 11) is 3.86. The molecule has 21 heavy (non-hydrogen) atoms. The molecule has 0 aliphatic rings. The van der Waals surface area contributed by atoms with Crippen LogP contribution in [0.4, 0.5) is 5.69 Å². The van der Waals surface area contributed by atoms with Crippen molar-refractivity contribution in [3.05, 3.63) is 29.3 Å². The molecule has 1 rings (SSSR count). The average molecular weight is 294 g/mol. The van der Waals surface area contributed by atoms with Crippen LogP contribution < -0.4 is 10.2 Å². The number of nitrogens with zero attached hydrogens (tertiary/aromatic N) is 1. The molecular formula is C17H30N2O2. The molecule has 2 N–H and O–H groups in total. The number of unbranched alkanes of at least 4 members (excludes halogenated alkanes) is 2. The topological polar surface area (TPSA) is 44.7 Å². The van der Waals surface area contributed by atoms with Gasteiger partial charge in [0, 0.05) is 46.1 Å². The molecule has 1 aromatic carbocycles. The SMILES string of the molecule is COCCNCc1cc(C)ccc1N(C)CCCCCO. The number of ether oxygens (including phenoxy) is 1. The van der Waals surface area contributed by atoms with E-state index in [2.05, 4.69) is 42.4 Å². The van der Waals surface area contributed by atoms with Crippen LogP contribution in [0.1, 0.15) is 30.4 Å².